The summed E-state index contributed by atoms with van der Waals surface area (Å²) < 4.78 is 78.3. The van der Waals surface area contributed by atoms with Crippen LogP contribution in [-0.4, -0.2) is 35.8 Å². The number of halogens is 6. The Balaban J connectivity index is 1.74. The van der Waals surface area contributed by atoms with Crippen molar-refractivity contribution in [2.45, 2.75) is 43.8 Å². The molecule has 0 saturated heterocycles. The van der Waals surface area contributed by atoms with E-state index >= 15 is 0 Å². The zero-order valence-electron chi connectivity index (χ0n) is 17.2. The van der Waals surface area contributed by atoms with E-state index in [1.807, 2.05) is 0 Å². The van der Waals surface area contributed by atoms with Gasteiger partial charge in [-0.3, -0.25) is 4.98 Å². The SMILES string of the molecule is OC1(Nc2nc(Nc3ccnc(C(F)(F)F)c3)nc(-c3cccc(C(F)(F)F)n3)n2)CCCC1. The maximum Gasteiger partial charge on any atom is 0.433 e. The van der Waals surface area contributed by atoms with Crippen LogP contribution < -0.4 is 10.6 Å². The molecule has 1 aliphatic carbocycles. The van der Waals surface area contributed by atoms with E-state index in [1.165, 1.54) is 12.1 Å². The summed E-state index contributed by atoms with van der Waals surface area (Å²) in [4.78, 5) is 19.0. The van der Waals surface area contributed by atoms with Crippen LogP contribution in [0.25, 0.3) is 11.5 Å². The normalized spacial score (nSPS) is 15.9. The van der Waals surface area contributed by atoms with Gasteiger partial charge in [-0.25, -0.2) is 4.98 Å². The van der Waals surface area contributed by atoms with Gasteiger partial charge in [-0.15, -0.1) is 0 Å². The summed E-state index contributed by atoms with van der Waals surface area (Å²) in [5.74, 6) is -0.730. The van der Waals surface area contributed by atoms with Crippen molar-refractivity contribution in [3.05, 3.63) is 47.9 Å². The lowest BCUT2D eigenvalue weighted by Gasteiger charge is -2.24. The quantitative estimate of drug-likeness (QED) is 0.350. The van der Waals surface area contributed by atoms with Crippen molar-refractivity contribution < 1.29 is 31.4 Å². The average Bonchev–Trinajstić information content (AvgIpc) is 3.18. The van der Waals surface area contributed by atoms with Gasteiger partial charge in [0, 0.05) is 11.9 Å². The first-order chi connectivity index (χ1) is 15.9. The third-order valence-corrected chi connectivity index (χ3v) is 4.99. The predicted molar refractivity (Wildman–Crippen MR) is 108 cm³/mol. The Morgan fingerprint density at radius 1 is 0.824 bits per heavy atom. The molecular weight excluding hydrogens is 468 g/mol. The van der Waals surface area contributed by atoms with Gasteiger partial charge in [0.05, 0.1) is 0 Å². The molecule has 0 atom stereocenters. The summed E-state index contributed by atoms with van der Waals surface area (Å²) in [6.07, 6.45) is -6.23. The number of pyridine rings is 2. The fraction of sp³-hybridized carbons (Fsp3) is 0.350. The molecule has 0 spiro atoms. The lowest BCUT2D eigenvalue weighted by atomic mass is 10.2. The Kier molecular flexibility index (Phi) is 6.02. The molecule has 3 aromatic rings. The van der Waals surface area contributed by atoms with Crippen molar-refractivity contribution in [2.75, 3.05) is 10.6 Å². The van der Waals surface area contributed by atoms with Crippen LogP contribution in [0.1, 0.15) is 37.1 Å². The molecule has 3 aromatic heterocycles. The molecule has 1 aliphatic rings. The molecule has 0 unspecified atom stereocenters. The highest BCUT2D eigenvalue weighted by atomic mass is 19.4. The molecule has 14 heteroatoms. The topological polar surface area (TPSA) is 109 Å². The average molecular weight is 485 g/mol. The maximum atomic E-state index is 13.1. The Labute approximate surface area is 188 Å². The first-order valence-electron chi connectivity index (χ1n) is 10.0. The fourth-order valence-electron chi connectivity index (χ4n) is 3.40. The lowest BCUT2D eigenvalue weighted by Crippen LogP contribution is -2.35. The smallest absolute Gasteiger partial charge is 0.371 e. The van der Waals surface area contributed by atoms with Gasteiger partial charge in [0.2, 0.25) is 11.9 Å². The second-order valence-electron chi connectivity index (χ2n) is 7.63. The van der Waals surface area contributed by atoms with Crippen LogP contribution in [-0.2, 0) is 12.4 Å². The van der Waals surface area contributed by atoms with Crippen LogP contribution >= 0.6 is 0 Å². The van der Waals surface area contributed by atoms with Crippen LogP contribution in [0.15, 0.2) is 36.5 Å². The minimum Gasteiger partial charge on any atom is -0.371 e. The van der Waals surface area contributed by atoms with Crippen LogP contribution in [0.2, 0.25) is 0 Å². The van der Waals surface area contributed by atoms with Gasteiger partial charge in [-0.2, -0.15) is 41.3 Å². The zero-order valence-corrected chi connectivity index (χ0v) is 17.2. The van der Waals surface area contributed by atoms with Crippen molar-refractivity contribution in [3.63, 3.8) is 0 Å². The van der Waals surface area contributed by atoms with Crippen LogP contribution in [0, 0.1) is 0 Å². The molecule has 3 N–H and O–H groups in total. The molecule has 0 aromatic carbocycles. The van der Waals surface area contributed by atoms with Gasteiger partial charge >= 0.3 is 12.4 Å². The van der Waals surface area contributed by atoms with Crippen molar-refractivity contribution in [2.24, 2.45) is 0 Å². The molecule has 0 amide bonds. The number of hydrogen-bond acceptors (Lipinski definition) is 8. The molecular formula is C20H17F6N7O. The number of hydrogen-bond donors (Lipinski definition) is 3. The zero-order chi connectivity index (χ0) is 24.6. The summed E-state index contributed by atoms with van der Waals surface area (Å²) in [7, 11) is 0. The minimum absolute atomic E-state index is 0.0676. The second-order valence-corrected chi connectivity index (χ2v) is 7.63. The van der Waals surface area contributed by atoms with E-state index in [9.17, 15) is 31.4 Å². The van der Waals surface area contributed by atoms with Crippen molar-refractivity contribution >= 4 is 17.6 Å². The molecule has 8 nitrogen and oxygen atoms in total. The molecule has 3 heterocycles. The van der Waals surface area contributed by atoms with Crippen LogP contribution in [0.3, 0.4) is 0 Å². The third kappa shape index (κ3) is 5.50. The van der Waals surface area contributed by atoms with E-state index < -0.39 is 29.5 Å². The summed E-state index contributed by atoms with van der Waals surface area (Å²) in [6.45, 7) is 0. The van der Waals surface area contributed by atoms with Crippen molar-refractivity contribution in [1.82, 2.24) is 24.9 Å². The first-order valence-corrected chi connectivity index (χ1v) is 10.0. The number of aromatic nitrogens is 5. The van der Waals surface area contributed by atoms with Crippen molar-refractivity contribution in [3.8, 4) is 11.5 Å². The van der Waals surface area contributed by atoms with E-state index in [4.69, 9.17) is 0 Å². The van der Waals surface area contributed by atoms with Gasteiger partial charge in [0.15, 0.2) is 5.82 Å². The lowest BCUT2D eigenvalue weighted by molar-refractivity contribution is -0.141. The highest BCUT2D eigenvalue weighted by Gasteiger charge is 2.34. The Hall–Kier alpha value is -3.55. The number of alkyl halides is 6. The minimum atomic E-state index is -4.71. The number of rotatable bonds is 5. The van der Waals surface area contributed by atoms with E-state index in [-0.39, 0.29) is 29.1 Å². The predicted octanol–water partition coefficient (Wildman–Crippen LogP) is 4.78. The van der Waals surface area contributed by atoms with Crippen LogP contribution in [0.4, 0.5) is 43.9 Å². The summed E-state index contributed by atoms with van der Waals surface area (Å²) in [5.41, 5.74) is -3.98. The molecule has 4 rings (SSSR count). The maximum absolute atomic E-state index is 13.1. The highest BCUT2D eigenvalue weighted by Crippen LogP contribution is 2.33. The Morgan fingerprint density at radius 2 is 1.50 bits per heavy atom. The van der Waals surface area contributed by atoms with Gasteiger partial charge in [0.25, 0.3) is 0 Å². The molecule has 0 bridgehead atoms. The van der Waals surface area contributed by atoms with Gasteiger partial charge in [0.1, 0.15) is 22.8 Å². The highest BCUT2D eigenvalue weighted by molar-refractivity contribution is 5.59. The number of anilines is 3. The molecule has 180 valence electrons. The summed E-state index contributed by atoms with van der Waals surface area (Å²) >= 11 is 0. The van der Waals surface area contributed by atoms with Gasteiger partial charge in [-0.05, 0) is 49.9 Å². The van der Waals surface area contributed by atoms with Gasteiger partial charge < -0.3 is 15.7 Å². The monoisotopic (exact) mass is 485 g/mol. The van der Waals surface area contributed by atoms with E-state index in [1.54, 1.807) is 0 Å². The summed E-state index contributed by atoms with van der Waals surface area (Å²) in [6, 6.07) is 5.11. The first kappa shape index (κ1) is 23.6. The van der Waals surface area contributed by atoms with Crippen LogP contribution in [0.5, 0.6) is 0 Å². The largest absolute Gasteiger partial charge is 0.433 e. The standard InChI is InChI=1S/C20H17F6N7O/c21-19(22,23)13-5-3-4-12(29-13)15-30-16(28-11-6-9-27-14(10-11)20(24,25)26)32-17(31-15)33-18(34)7-1-2-8-18/h3-6,9-10,34H,1-2,7-8H2,(H2,27,28,30,31,32,33). The summed E-state index contributed by atoms with van der Waals surface area (Å²) in [5, 5.41) is 16.0. The second kappa shape index (κ2) is 8.66. The third-order valence-electron chi connectivity index (χ3n) is 4.99. The molecule has 1 fully saturated rings. The molecule has 1 saturated carbocycles. The fourth-order valence-corrected chi connectivity index (χ4v) is 3.40. The number of nitrogens with one attached hydrogen (secondary N) is 2. The van der Waals surface area contributed by atoms with E-state index in [0.717, 1.165) is 37.2 Å². The Morgan fingerprint density at radius 3 is 2.18 bits per heavy atom. The van der Waals surface area contributed by atoms with E-state index in [2.05, 4.69) is 35.6 Å². The molecule has 0 radical (unpaired) electrons. The number of aliphatic hydroxyl groups is 1. The Bertz CT molecular complexity index is 1180. The number of nitrogens with zero attached hydrogens (tertiary/aromatic N) is 5. The van der Waals surface area contributed by atoms with E-state index in [0.29, 0.717) is 12.8 Å². The van der Waals surface area contributed by atoms with Crippen molar-refractivity contribution in [1.29, 1.82) is 0 Å². The van der Waals surface area contributed by atoms with Gasteiger partial charge in [-0.1, -0.05) is 6.07 Å². The molecule has 34 heavy (non-hydrogen) atoms. The molecule has 0 aliphatic heterocycles.